The van der Waals surface area contributed by atoms with Gasteiger partial charge in [0, 0.05) is 11.8 Å². The van der Waals surface area contributed by atoms with Crippen molar-refractivity contribution in [1.82, 2.24) is 10.2 Å². The van der Waals surface area contributed by atoms with Crippen molar-refractivity contribution in [3.05, 3.63) is 64.3 Å². The maximum absolute atomic E-state index is 11.1. The molecule has 3 aromatic rings. The summed E-state index contributed by atoms with van der Waals surface area (Å²) in [4.78, 5) is 11.1. The molecule has 0 atom stereocenters. The highest BCUT2D eigenvalue weighted by molar-refractivity contribution is 5.62. The van der Waals surface area contributed by atoms with E-state index in [2.05, 4.69) is 15.5 Å². The monoisotopic (exact) mass is 285 g/mol. The van der Waals surface area contributed by atoms with Gasteiger partial charge in [-0.3, -0.25) is 15.0 Å². The topological polar surface area (TPSA) is 94.0 Å². The largest absolute Gasteiger partial charge is 0.462 e. The van der Waals surface area contributed by atoms with Crippen LogP contribution < -0.4 is 10.9 Å². The van der Waals surface area contributed by atoms with Crippen LogP contribution in [0.25, 0.3) is 11.3 Å². The number of rotatable bonds is 5. The van der Waals surface area contributed by atoms with Crippen LogP contribution in [-0.4, -0.2) is 15.3 Å². The molecule has 0 aliphatic rings. The first-order valence-corrected chi connectivity index (χ1v) is 6.55. The third-order valence-corrected chi connectivity index (χ3v) is 3.13. The van der Waals surface area contributed by atoms with Crippen molar-refractivity contribution in [1.29, 1.82) is 0 Å². The molecule has 0 radical (unpaired) electrons. The zero-order chi connectivity index (χ0) is 14.7. The van der Waals surface area contributed by atoms with Crippen molar-refractivity contribution in [3.8, 4) is 11.3 Å². The summed E-state index contributed by atoms with van der Waals surface area (Å²) in [6, 6.07) is 12.8. The average molecular weight is 285 g/mol. The lowest BCUT2D eigenvalue weighted by atomic mass is 10.1. The summed E-state index contributed by atoms with van der Waals surface area (Å²) in [7, 11) is 0. The van der Waals surface area contributed by atoms with Crippen molar-refractivity contribution >= 4 is 5.69 Å². The number of anilines is 1. The molecule has 1 aromatic carbocycles. The number of aromatic nitrogens is 2. The van der Waals surface area contributed by atoms with E-state index in [-0.39, 0.29) is 12.2 Å². The number of furan rings is 1. The fourth-order valence-corrected chi connectivity index (χ4v) is 2.05. The molecule has 108 valence electrons. The Labute approximate surface area is 120 Å². The van der Waals surface area contributed by atoms with Gasteiger partial charge in [-0.25, -0.2) is 0 Å². The van der Waals surface area contributed by atoms with E-state index in [0.29, 0.717) is 12.3 Å². The Morgan fingerprint density at radius 3 is 2.43 bits per heavy atom. The van der Waals surface area contributed by atoms with Gasteiger partial charge in [0.15, 0.2) is 0 Å². The molecule has 2 aromatic heterocycles. The van der Waals surface area contributed by atoms with Gasteiger partial charge < -0.3 is 14.8 Å². The predicted molar refractivity (Wildman–Crippen MR) is 78.8 cm³/mol. The summed E-state index contributed by atoms with van der Waals surface area (Å²) >= 11 is 0. The summed E-state index contributed by atoms with van der Waals surface area (Å²) in [6.07, 6.45) is 0. The molecule has 21 heavy (non-hydrogen) atoms. The quantitative estimate of drug-likeness (QED) is 0.577. The van der Waals surface area contributed by atoms with E-state index < -0.39 is 0 Å². The number of H-pyrrole nitrogens is 2. The van der Waals surface area contributed by atoms with E-state index in [1.54, 1.807) is 6.07 Å². The molecule has 0 bridgehead atoms. The van der Waals surface area contributed by atoms with Crippen LogP contribution in [0.1, 0.15) is 11.5 Å². The second-order valence-electron chi connectivity index (χ2n) is 4.63. The number of hydrogen-bond donors (Lipinski definition) is 4. The summed E-state index contributed by atoms with van der Waals surface area (Å²) < 4.78 is 5.39. The molecule has 0 amide bonds. The van der Waals surface area contributed by atoms with E-state index in [9.17, 15) is 4.79 Å². The van der Waals surface area contributed by atoms with E-state index >= 15 is 0 Å². The maximum atomic E-state index is 11.1. The highest BCUT2D eigenvalue weighted by atomic mass is 16.4. The highest BCUT2D eigenvalue weighted by Gasteiger charge is 2.03. The van der Waals surface area contributed by atoms with Crippen LogP contribution >= 0.6 is 0 Å². The normalized spacial score (nSPS) is 10.7. The SMILES string of the molecule is O=c1cc(-c2ccc(NCc3ccc(CO)o3)cc2)[nH][nH]1. The van der Waals surface area contributed by atoms with Crippen LogP contribution in [0.15, 0.2) is 51.7 Å². The Bertz CT molecular complexity index is 768. The van der Waals surface area contributed by atoms with Gasteiger partial charge in [0.2, 0.25) is 0 Å². The highest BCUT2D eigenvalue weighted by Crippen LogP contribution is 2.19. The molecular weight excluding hydrogens is 270 g/mol. The molecule has 0 fully saturated rings. The lowest BCUT2D eigenvalue weighted by Gasteiger charge is -2.05. The summed E-state index contributed by atoms with van der Waals surface area (Å²) in [6.45, 7) is 0.448. The van der Waals surface area contributed by atoms with Crippen LogP contribution in [0.5, 0.6) is 0 Å². The van der Waals surface area contributed by atoms with Gasteiger partial charge in [0.25, 0.3) is 5.56 Å². The van der Waals surface area contributed by atoms with Crippen LogP contribution in [0.3, 0.4) is 0 Å². The van der Waals surface area contributed by atoms with Gasteiger partial charge in [-0.15, -0.1) is 0 Å². The molecule has 3 rings (SSSR count). The Morgan fingerprint density at radius 1 is 1.05 bits per heavy atom. The molecular formula is C15H15N3O3. The van der Waals surface area contributed by atoms with Crippen molar-refractivity contribution < 1.29 is 9.52 Å². The van der Waals surface area contributed by atoms with E-state index in [0.717, 1.165) is 22.7 Å². The Kier molecular flexibility index (Phi) is 3.61. The Balaban J connectivity index is 1.65. The first-order valence-electron chi connectivity index (χ1n) is 6.55. The first kappa shape index (κ1) is 13.3. The van der Waals surface area contributed by atoms with Crippen molar-refractivity contribution in [2.75, 3.05) is 5.32 Å². The zero-order valence-electron chi connectivity index (χ0n) is 11.2. The lowest BCUT2D eigenvalue weighted by Crippen LogP contribution is -1.97. The Hall–Kier alpha value is -2.73. The first-order chi connectivity index (χ1) is 10.2. The van der Waals surface area contributed by atoms with E-state index in [4.69, 9.17) is 9.52 Å². The van der Waals surface area contributed by atoms with Gasteiger partial charge in [0.1, 0.15) is 18.1 Å². The van der Waals surface area contributed by atoms with Crippen molar-refractivity contribution in [2.24, 2.45) is 0 Å². The maximum Gasteiger partial charge on any atom is 0.264 e. The lowest BCUT2D eigenvalue weighted by molar-refractivity contribution is 0.244. The third kappa shape index (κ3) is 3.06. The van der Waals surface area contributed by atoms with Crippen LogP contribution in [0.2, 0.25) is 0 Å². The van der Waals surface area contributed by atoms with Gasteiger partial charge in [-0.2, -0.15) is 0 Å². The fraction of sp³-hybridized carbons (Fsp3) is 0.133. The Morgan fingerprint density at radius 2 is 1.81 bits per heavy atom. The summed E-state index contributed by atoms with van der Waals surface area (Å²) in [5, 5.41) is 17.5. The molecule has 0 saturated heterocycles. The molecule has 0 aliphatic carbocycles. The molecule has 6 nitrogen and oxygen atoms in total. The minimum Gasteiger partial charge on any atom is -0.462 e. The molecule has 0 saturated carbocycles. The smallest absolute Gasteiger partial charge is 0.264 e. The molecule has 0 spiro atoms. The standard InChI is InChI=1S/C15H15N3O3/c19-9-13-6-5-12(21-13)8-16-11-3-1-10(2-4-11)14-7-15(20)18-17-14/h1-7,16,19H,8-9H2,(H2,17,18,20). The molecule has 2 heterocycles. The molecule has 6 heteroatoms. The number of aliphatic hydroxyl groups is 1. The van der Waals surface area contributed by atoms with E-state index in [1.807, 2.05) is 30.3 Å². The zero-order valence-corrected chi connectivity index (χ0v) is 11.2. The van der Waals surface area contributed by atoms with Crippen LogP contribution in [0.4, 0.5) is 5.69 Å². The summed E-state index contributed by atoms with van der Waals surface area (Å²) in [5.74, 6) is 1.32. The summed E-state index contributed by atoms with van der Waals surface area (Å²) in [5.41, 5.74) is 2.48. The minimum atomic E-state index is -0.148. The predicted octanol–water partition coefficient (Wildman–Crippen LogP) is 2.07. The number of aliphatic hydroxyl groups excluding tert-OH is 1. The average Bonchev–Trinajstić information content (AvgIpc) is 3.14. The fourth-order valence-electron chi connectivity index (χ4n) is 2.05. The number of hydrogen-bond acceptors (Lipinski definition) is 4. The van der Waals surface area contributed by atoms with Crippen molar-refractivity contribution in [3.63, 3.8) is 0 Å². The van der Waals surface area contributed by atoms with E-state index in [1.165, 1.54) is 6.07 Å². The van der Waals surface area contributed by atoms with Crippen LogP contribution in [0, 0.1) is 0 Å². The van der Waals surface area contributed by atoms with Gasteiger partial charge in [-0.1, -0.05) is 12.1 Å². The van der Waals surface area contributed by atoms with Gasteiger partial charge >= 0.3 is 0 Å². The minimum absolute atomic E-state index is 0.0937. The molecule has 0 unspecified atom stereocenters. The molecule has 4 N–H and O–H groups in total. The number of nitrogens with one attached hydrogen (secondary N) is 3. The van der Waals surface area contributed by atoms with Crippen molar-refractivity contribution in [2.45, 2.75) is 13.2 Å². The molecule has 0 aliphatic heterocycles. The van der Waals surface area contributed by atoms with Crippen LogP contribution in [-0.2, 0) is 13.2 Å². The second kappa shape index (κ2) is 5.72. The van der Waals surface area contributed by atoms with Gasteiger partial charge in [0.05, 0.1) is 12.2 Å². The van der Waals surface area contributed by atoms with Gasteiger partial charge in [-0.05, 0) is 29.8 Å². The third-order valence-electron chi connectivity index (χ3n) is 3.13. The number of aromatic amines is 2. The second-order valence-corrected chi connectivity index (χ2v) is 4.63. The number of benzene rings is 1.